The summed E-state index contributed by atoms with van der Waals surface area (Å²) in [4.78, 5) is 15.5. The molecule has 1 aromatic carbocycles. The Labute approximate surface area is 195 Å². The number of halogens is 3. The molecule has 0 spiro atoms. The summed E-state index contributed by atoms with van der Waals surface area (Å²) in [5.41, 5.74) is -1.12. The van der Waals surface area contributed by atoms with Gasteiger partial charge >= 0.3 is 11.9 Å². The lowest BCUT2D eigenvalue weighted by Crippen LogP contribution is -2.38. The fourth-order valence-electron chi connectivity index (χ4n) is 3.91. The van der Waals surface area contributed by atoms with Gasteiger partial charge in [0.15, 0.2) is 11.5 Å². The Hall–Kier alpha value is -2.95. The van der Waals surface area contributed by atoms with Crippen LogP contribution >= 0.6 is 0 Å². The highest BCUT2D eigenvalue weighted by atomic mass is 32.2. The van der Waals surface area contributed by atoms with E-state index < -0.39 is 39.1 Å². The van der Waals surface area contributed by atoms with E-state index in [1.807, 2.05) is 0 Å². The normalized spacial score (nSPS) is 17.5. The maximum Gasteiger partial charge on any atom is 0.416 e. The Kier molecular flexibility index (Phi) is 7.64. The minimum absolute atomic E-state index is 0.0208. The number of sulfone groups is 1. The van der Waals surface area contributed by atoms with Gasteiger partial charge in [0.2, 0.25) is 0 Å². The Bertz CT molecular complexity index is 1350. The summed E-state index contributed by atoms with van der Waals surface area (Å²) in [6.45, 7) is 2.10. The number of nitrogens with zero attached hydrogens (tertiary/aromatic N) is 1. The summed E-state index contributed by atoms with van der Waals surface area (Å²) in [6.07, 6.45) is 1.20. The van der Waals surface area contributed by atoms with Crippen molar-refractivity contribution in [2.45, 2.75) is 38.4 Å². The van der Waals surface area contributed by atoms with Gasteiger partial charge in [-0.1, -0.05) is 18.2 Å². The molecule has 3 rings (SSSR count). The highest BCUT2D eigenvalue weighted by molar-refractivity contribution is 7.90. The van der Waals surface area contributed by atoms with Gasteiger partial charge in [-0.15, -0.1) is 0 Å². The molecule has 0 aliphatic heterocycles. The van der Waals surface area contributed by atoms with E-state index in [0.717, 1.165) is 18.4 Å². The van der Waals surface area contributed by atoms with Crippen LogP contribution in [0, 0.1) is 0 Å². The average molecular weight is 501 g/mol. The number of alkyl halides is 3. The van der Waals surface area contributed by atoms with Gasteiger partial charge in [-0.3, -0.25) is 4.57 Å². The Morgan fingerprint density at radius 3 is 2.50 bits per heavy atom. The summed E-state index contributed by atoms with van der Waals surface area (Å²) in [7, 11) is -2.14. The van der Waals surface area contributed by atoms with Crippen LogP contribution in [0.2, 0.25) is 0 Å². The number of imidazole rings is 1. The molecule has 1 heterocycles. The van der Waals surface area contributed by atoms with Crippen LogP contribution in [0.3, 0.4) is 0 Å². The molecule has 0 amide bonds. The maximum absolute atomic E-state index is 13.5. The minimum atomic E-state index is -4.59. The highest BCUT2D eigenvalue weighted by Gasteiger charge is 2.32. The summed E-state index contributed by atoms with van der Waals surface area (Å²) < 4.78 is 77.3. The van der Waals surface area contributed by atoms with E-state index in [1.54, 1.807) is 31.2 Å². The van der Waals surface area contributed by atoms with Crippen molar-refractivity contribution in [1.82, 2.24) is 9.55 Å². The SMILES string of the molecule is CCOc1cc([C@@H](CS(C)(=O)=O)n2c(=O)[nH]c3/c2=C\CCCC=C(C(F)(F)F)\C=3)ccc1OC. The number of nitrogens with one attached hydrogen (secondary N) is 1. The van der Waals surface area contributed by atoms with E-state index in [9.17, 15) is 26.4 Å². The number of benzene rings is 1. The molecule has 0 saturated carbocycles. The Morgan fingerprint density at radius 1 is 1.18 bits per heavy atom. The van der Waals surface area contributed by atoms with Gasteiger partial charge in [-0.2, -0.15) is 13.2 Å². The van der Waals surface area contributed by atoms with Crippen LogP contribution in [0.4, 0.5) is 13.2 Å². The first-order chi connectivity index (χ1) is 15.9. The topological polar surface area (TPSA) is 90.4 Å². The Morgan fingerprint density at radius 2 is 1.88 bits per heavy atom. The average Bonchev–Trinajstić information content (AvgIpc) is 3.08. The molecular weight excluding hydrogens is 473 g/mol. The first-order valence-corrected chi connectivity index (χ1v) is 12.8. The number of allylic oxidation sites excluding steroid dienone is 2. The quantitative estimate of drug-likeness (QED) is 0.631. The fourth-order valence-corrected chi connectivity index (χ4v) is 4.82. The first-order valence-electron chi connectivity index (χ1n) is 10.7. The molecule has 0 fully saturated rings. The van der Waals surface area contributed by atoms with E-state index in [0.29, 0.717) is 36.5 Å². The van der Waals surface area contributed by atoms with Gasteiger partial charge in [0.05, 0.1) is 41.8 Å². The third kappa shape index (κ3) is 5.94. The molecule has 1 N–H and O–H groups in total. The molecule has 0 radical (unpaired) electrons. The van der Waals surface area contributed by atoms with Crippen LogP contribution in [-0.2, 0) is 9.84 Å². The van der Waals surface area contributed by atoms with E-state index in [2.05, 4.69) is 4.98 Å². The van der Waals surface area contributed by atoms with Gasteiger partial charge < -0.3 is 14.5 Å². The predicted octanol–water partition coefficient (Wildman–Crippen LogP) is 2.45. The number of aromatic nitrogens is 2. The van der Waals surface area contributed by atoms with Gasteiger partial charge in [0, 0.05) is 6.26 Å². The maximum atomic E-state index is 13.5. The highest BCUT2D eigenvalue weighted by Crippen LogP contribution is 2.32. The molecular formula is C23H27F3N2O5S. The van der Waals surface area contributed by atoms with Crippen molar-refractivity contribution in [3.05, 3.63) is 56.6 Å². The Balaban J connectivity index is 2.30. The summed E-state index contributed by atoms with van der Waals surface area (Å²) in [6, 6.07) is 3.80. The largest absolute Gasteiger partial charge is 0.493 e. The van der Waals surface area contributed by atoms with E-state index in [-0.39, 0.29) is 17.1 Å². The molecule has 0 bridgehead atoms. The number of H-pyrrole nitrogens is 1. The molecule has 2 aromatic rings. The zero-order chi connectivity index (χ0) is 25.1. The van der Waals surface area contributed by atoms with Crippen LogP contribution in [0.15, 0.2) is 34.6 Å². The molecule has 0 unspecified atom stereocenters. The van der Waals surface area contributed by atoms with Crippen LogP contribution in [0.5, 0.6) is 11.5 Å². The number of hydrogen-bond donors (Lipinski definition) is 1. The lowest BCUT2D eigenvalue weighted by atomic mass is 10.1. The molecule has 1 aliphatic rings. The summed E-state index contributed by atoms with van der Waals surface area (Å²) >= 11 is 0. The second-order valence-electron chi connectivity index (χ2n) is 7.99. The lowest BCUT2D eigenvalue weighted by molar-refractivity contribution is -0.0868. The van der Waals surface area contributed by atoms with Crippen molar-refractivity contribution in [2.24, 2.45) is 0 Å². The molecule has 1 aliphatic carbocycles. The van der Waals surface area contributed by atoms with Crippen molar-refractivity contribution in [2.75, 3.05) is 25.7 Å². The second-order valence-corrected chi connectivity index (χ2v) is 10.2. The number of hydrogen-bond acceptors (Lipinski definition) is 5. The standard InChI is InChI=1S/C23H27F3N2O5S/c1-4-33-21-12-15(10-11-20(21)32-2)19(14-34(3,30)31)28-18-9-7-5-6-8-16(23(24,25)26)13-17(18)27-22(28)29/h8-13,19H,4-7,14H2,1-3H3,(H,27,29)/b16-8?,17-13+,18-9+/t19-/m1/s1. The van der Waals surface area contributed by atoms with Crippen molar-refractivity contribution in [3.8, 4) is 11.5 Å². The molecule has 11 heteroatoms. The van der Waals surface area contributed by atoms with Crippen LogP contribution in [0.1, 0.15) is 37.8 Å². The van der Waals surface area contributed by atoms with Gasteiger partial charge in [-0.25, -0.2) is 13.2 Å². The van der Waals surface area contributed by atoms with Gasteiger partial charge in [-0.05, 0) is 50.0 Å². The third-order valence-electron chi connectivity index (χ3n) is 5.38. The second kappa shape index (κ2) is 10.1. The van der Waals surface area contributed by atoms with E-state index >= 15 is 0 Å². The molecule has 186 valence electrons. The van der Waals surface area contributed by atoms with Crippen molar-refractivity contribution >= 4 is 22.0 Å². The lowest BCUT2D eigenvalue weighted by Gasteiger charge is -2.20. The number of fused-ring (bicyclic) bond motifs is 1. The minimum Gasteiger partial charge on any atom is -0.493 e. The van der Waals surface area contributed by atoms with Crippen LogP contribution in [0.25, 0.3) is 12.2 Å². The van der Waals surface area contributed by atoms with Crippen molar-refractivity contribution < 1.29 is 31.1 Å². The van der Waals surface area contributed by atoms with E-state index in [1.165, 1.54) is 11.7 Å². The third-order valence-corrected chi connectivity index (χ3v) is 6.30. The molecule has 7 nitrogen and oxygen atoms in total. The van der Waals surface area contributed by atoms with Crippen molar-refractivity contribution in [1.29, 1.82) is 0 Å². The smallest absolute Gasteiger partial charge is 0.416 e. The van der Waals surface area contributed by atoms with Crippen molar-refractivity contribution in [3.63, 3.8) is 0 Å². The molecule has 0 saturated heterocycles. The summed E-state index contributed by atoms with van der Waals surface area (Å²) in [5, 5.41) is 0.192. The number of aromatic amines is 1. The first kappa shape index (κ1) is 25.7. The van der Waals surface area contributed by atoms with Gasteiger partial charge in [0.1, 0.15) is 9.84 Å². The fraction of sp³-hybridized carbons (Fsp3) is 0.435. The number of ether oxygens (including phenoxy) is 2. The number of rotatable bonds is 7. The number of methoxy groups -OCH3 is 1. The summed E-state index contributed by atoms with van der Waals surface area (Å²) in [5.74, 6) is 0.351. The molecule has 1 aromatic heterocycles. The molecule has 1 atom stereocenters. The van der Waals surface area contributed by atoms with Gasteiger partial charge in [0.25, 0.3) is 0 Å². The monoisotopic (exact) mass is 500 g/mol. The predicted molar refractivity (Wildman–Crippen MR) is 123 cm³/mol. The van der Waals surface area contributed by atoms with Crippen LogP contribution in [-0.4, -0.2) is 49.9 Å². The van der Waals surface area contributed by atoms with E-state index in [4.69, 9.17) is 9.47 Å². The van der Waals surface area contributed by atoms with Crippen LogP contribution < -0.4 is 25.9 Å². The zero-order valence-corrected chi connectivity index (χ0v) is 19.9. The molecule has 34 heavy (non-hydrogen) atoms. The zero-order valence-electron chi connectivity index (χ0n) is 19.1.